The van der Waals surface area contributed by atoms with Crippen molar-refractivity contribution in [1.29, 1.82) is 0 Å². The van der Waals surface area contributed by atoms with Gasteiger partial charge in [0.2, 0.25) is 0 Å². The first-order chi connectivity index (χ1) is 8.27. The Balaban J connectivity index is 3.10. The fourth-order valence-corrected chi connectivity index (χ4v) is 1.84. The van der Waals surface area contributed by atoms with Gasteiger partial charge in [0.15, 0.2) is 11.5 Å². The number of rotatable bonds is 5. The smallest absolute Gasteiger partial charge is 0.339 e. The summed E-state index contributed by atoms with van der Waals surface area (Å²) < 4.78 is 11.0. The lowest BCUT2D eigenvalue weighted by Gasteiger charge is -2.27. The van der Waals surface area contributed by atoms with Crippen LogP contribution in [0.3, 0.4) is 0 Å². The maximum Gasteiger partial charge on any atom is 0.339 e. The topological polar surface area (TPSA) is 55.8 Å². The third kappa shape index (κ3) is 3.26. The van der Waals surface area contributed by atoms with Gasteiger partial charge in [0.25, 0.3) is 0 Å². The summed E-state index contributed by atoms with van der Waals surface area (Å²) in [5.74, 6) is -0.236. The highest BCUT2D eigenvalue weighted by Crippen LogP contribution is 2.32. The zero-order chi connectivity index (χ0) is 13.9. The molecule has 0 amide bonds. The third-order valence-electron chi connectivity index (χ3n) is 2.94. The molecule has 0 saturated carbocycles. The Morgan fingerprint density at radius 2 is 1.94 bits per heavy atom. The van der Waals surface area contributed by atoms with E-state index in [4.69, 9.17) is 14.6 Å². The molecule has 0 radical (unpaired) electrons. The second kappa shape index (κ2) is 5.43. The molecule has 0 aromatic heterocycles. The van der Waals surface area contributed by atoms with Crippen LogP contribution in [0.15, 0.2) is 18.2 Å². The molecule has 0 saturated heterocycles. The summed E-state index contributed by atoms with van der Waals surface area (Å²) in [6.07, 6.45) is 0. The molecule has 0 heterocycles. The second-order valence-electron chi connectivity index (χ2n) is 5.27. The van der Waals surface area contributed by atoms with Crippen LogP contribution in [0.1, 0.15) is 17.3 Å². The number of carbonyl (C=O) groups is 1. The highest BCUT2D eigenvalue weighted by atomic mass is 28.3. The molecule has 1 atom stereocenters. The summed E-state index contributed by atoms with van der Waals surface area (Å²) in [5, 5.41) is 9.09. The van der Waals surface area contributed by atoms with Crippen molar-refractivity contribution >= 4 is 14.0 Å². The fraction of sp³-hybridized carbons (Fsp3) is 0.462. The van der Waals surface area contributed by atoms with E-state index < -0.39 is 14.0 Å². The standard InChI is InChI=1S/C13H20O4Si/c1-9(18(3,4)5)17-11-8-6-7-10(13(14)15)12(11)16-2/h6-9H,1-5H3,(H,14,15). The Kier molecular flexibility index (Phi) is 4.40. The number of hydrogen-bond donors (Lipinski definition) is 1. The summed E-state index contributed by atoms with van der Waals surface area (Å²) in [4.78, 5) is 11.1. The van der Waals surface area contributed by atoms with E-state index in [1.165, 1.54) is 13.2 Å². The number of para-hydroxylation sites is 1. The first-order valence-electron chi connectivity index (χ1n) is 5.84. The highest BCUT2D eigenvalue weighted by molar-refractivity contribution is 6.77. The van der Waals surface area contributed by atoms with E-state index in [2.05, 4.69) is 19.6 Å². The van der Waals surface area contributed by atoms with E-state index in [0.29, 0.717) is 5.75 Å². The molecule has 1 aromatic carbocycles. The van der Waals surface area contributed by atoms with Crippen molar-refractivity contribution in [2.75, 3.05) is 7.11 Å². The van der Waals surface area contributed by atoms with Gasteiger partial charge in [-0.2, -0.15) is 0 Å². The van der Waals surface area contributed by atoms with Crippen molar-refractivity contribution in [1.82, 2.24) is 0 Å². The number of carboxylic acids is 1. The molecule has 1 rings (SSSR count). The van der Waals surface area contributed by atoms with Crippen molar-refractivity contribution in [3.8, 4) is 11.5 Å². The van der Waals surface area contributed by atoms with Gasteiger partial charge in [-0.05, 0) is 19.1 Å². The van der Waals surface area contributed by atoms with Crippen LogP contribution in [0.25, 0.3) is 0 Å². The van der Waals surface area contributed by atoms with Crippen molar-refractivity contribution in [3.63, 3.8) is 0 Å². The zero-order valence-electron chi connectivity index (χ0n) is 11.5. The summed E-state index contributed by atoms with van der Waals surface area (Å²) in [7, 11) is 0.00333. The lowest BCUT2D eigenvalue weighted by atomic mass is 10.2. The van der Waals surface area contributed by atoms with E-state index in [1.54, 1.807) is 12.1 Å². The first-order valence-corrected chi connectivity index (χ1v) is 9.42. The molecule has 100 valence electrons. The Bertz CT molecular complexity index is 437. The number of hydrogen-bond acceptors (Lipinski definition) is 3. The van der Waals surface area contributed by atoms with E-state index in [-0.39, 0.29) is 17.0 Å². The van der Waals surface area contributed by atoms with Gasteiger partial charge in [0.1, 0.15) is 5.56 Å². The minimum absolute atomic E-state index is 0.0791. The predicted octanol–water partition coefficient (Wildman–Crippen LogP) is 3.04. The first kappa shape index (κ1) is 14.6. The lowest BCUT2D eigenvalue weighted by Crippen LogP contribution is -2.40. The van der Waals surface area contributed by atoms with Crippen LogP contribution in [-0.2, 0) is 0 Å². The maximum absolute atomic E-state index is 11.1. The van der Waals surface area contributed by atoms with Crippen molar-refractivity contribution in [3.05, 3.63) is 23.8 Å². The molecule has 0 spiro atoms. The molecule has 18 heavy (non-hydrogen) atoms. The molecular formula is C13H20O4Si. The SMILES string of the molecule is COc1c(OC(C)[Si](C)(C)C)cccc1C(=O)O. The van der Waals surface area contributed by atoms with Crippen LogP contribution in [0.4, 0.5) is 0 Å². The number of ether oxygens (including phenoxy) is 2. The quantitative estimate of drug-likeness (QED) is 0.834. The van der Waals surface area contributed by atoms with Crippen molar-refractivity contribution in [2.45, 2.75) is 32.3 Å². The molecule has 5 heteroatoms. The monoisotopic (exact) mass is 268 g/mol. The predicted molar refractivity (Wildman–Crippen MR) is 73.4 cm³/mol. The van der Waals surface area contributed by atoms with Gasteiger partial charge >= 0.3 is 5.97 Å². The molecular weight excluding hydrogens is 248 g/mol. The minimum Gasteiger partial charge on any atom is -0.492 e. The number of methoxy groups -OCH3 is 1. The number of benzene rings is 1. The lowest BCUT2D eigenvalue weighted by molar-refractivity contribution is 0.0692. The number of aromatic carboxylic acids is 1. The highest BCUT2D eigenvalue weighted by Gasteiger charge is 2.26. The Morgan fingerprint density at radius 1 is 1.33 bits per heavy atom. The molecule has 0 aliphatic carbocycles. The third-order valence-corrected chi connectivity index (χ3v) is 5.49. The molecule has 1 unspecified atom stereocenters. The summed E-state index contributed by atoms with van der Waals surface area (Å²) >= 11 is 0. The molecule has 0 aliphatic heterocycles. The van der Waals surface area contributed by atoms with Crippen LogP contribution in [0.5, 0.6) is 11.5 Å². The van der Waals surface area contributed by atoms with Gasteiger partial charge in [0, 0.05) is 0 Å². The van der Waals surface area contributed by atoms with Crippen LogP contribution in [0.2, 0.25) is 19.6 Å². The Hall–Kier alpha value is -1.49. The number of carboxylic acid groups (broad SMARTS) is 1. The summed E-state index contributed by atoms with van der Waals surface area (Å²) in [6.45, 7) is 8.61. The van der Waals surface area contributed by atoms with Gasteiger partial charge in [-0.1, -0.05) is 25.7 Å². The van der Waals surface area contributed by atoms with Crippen LogP contribution in [-0.4, -0.2) is 32.0 Å². The minimum atomic E-state index is -1.45. The van der Waals surface area contributed by atoms with E-state index in [1.807, 2.05) is 6.92 Å². The van der Waals surface area contributed by atoms with E-state index >= 15 is 0 Å². The van der Waals surface area contributed by atoms with Crippen molar-refractivity contribution < 1.29 is 19.4 Å². The van der Waals surface area contributed by atoms with Crippen molar-refractivity contribution in [2.24, 2.45) is 0 Å². The molecule has 0 bridgehead atoms. The van der Waals surface area contributed by atoms with Crippen LogP contribution < -0.4 is 9.47 Å². The molecule has 1 aromatic rings. The van der Waals surface area contributed by atoms with Crippen LogP contribution >= 0.6 is 0 Å². The maximum atomic E-state index is 11.1. The van der Waals surface area contributed by atoms with Gasteiger partial charge < -0.3 is 14.6 Å². The van der Waals surface area contributed by atoms with Gasteiger partial charge in [-0.25, -0.2) is 4.79 Å². The van der Waals surface area contributed by atoms with E-state index in [0.717, 1.165) is 0 Å². The Labute approximate surface area is 109 Å². The molecule has 1 N–H and O–H groups in total. The molecule has 0 aliphatic rings. The second-order valence-corrected chi connectivity index (χ2v) is 10.8. The zero-order valence-corrected chi connectivity index (χ0v) is 12.5. The van der Waals surface area contributed by atoms with E-state index in [9.17, 15) is 4.79 Å². The largest absolute Gasteiger partial charge is 0.492 e. The average Bonchev–Trinajstić information content (AvgIpc) is 2.27. The van der Waals surface area contributed by atoms with Crippen LogP contribution in [0, 0.1) is 0 Å². The Morgan fingerprint density at radius 3 is 2.39 bits per heavy atom. The molecule has 4 nitrogen and oxygen atoms in total. The molecule has 0 fully saturated rings. The normalized spacial score (nSPS) is 12.9. The fourth-order valence-electron chi connectivity index (χ4n) is 1.35. The van der Waals surface area contributed by atoms with Gasteiger partial charge in [-0.3, -0.25) is 0 Å². The van der Waals surface area contributed by atoms with Gasteiger partial charge in [-0.15, -0.1) is 0 Å². The van der Waals surface area contributed by atoms with Gasteiger partial charge in [0.05, 0.1) is 20.9 Å². The summed E-state index contributed by atoms with van der Waals surface area (Å²) in [6, 6.07) is 4.91. The average molecular weight is 268 g/mol. The summed E-state index contributed by atoms with van der Waals surface area (Å²) in [5.41, 5.74) is 0.202.